The van der Waals surface area contributed by atoms with Crippen molar-refractivity contribution in [2.24, 2.45) is 0 Å². The highest BCUT2D eigenvalue weighted by molar-refractivity contribution is 6.04. The fourth-order valence-electron chi connectivity index (χ4n) is 3.84. The Balaban J connectivity index is 1.66. The molecule has 8 heteroatoms. The van der Waals surface area contributed by atoms with Gasteiger partial charge in [0.1, 0.15) is 18.0 Å². The van der Waals surface area contributed by atoms with Crippen LogP contribution >= 0.6 is 0 Å². The summed E-state index contributed by atoms with van der Waals surface area (Å²) >= 11 is 0. The molecule has 0 saturated heterocycles. The number of hydrogen-bond donors (Lipinski definition) is 1. The monoisotopic (exact) mass is 481 g/mol. The summed E-state index contributed by atoms with van der Waals surface area (Å²) in [6.07, 6.45) is 0. The van der Waals surface area contributed by atoms with Crippen LogP contribution in [0.3, 0.4) is 0 Å². The third-order valence-corrected chi connectivity index (χ3v) is 6.06. The Hall–Kier alpha value is -3.39. The molecule has 2 aromatic rings. The fraction of sp³-hybridized carbons (Fsp3) is 0.444. The first-order chi connectivity index (χ1) is 16.8. The summed E-state index contributed by atoms with van der Waals surface area (Å²) in [7, 11) is 0. The van der Waals surface area contributed by atoms with Crippen LogP contribution in [0.25, 0.3) is 0 Å². The maximum Gasteiger partial charge on any atom is 0.265 e. The fourth-order valence-corrected chi connectivity index (χ4v) is 3.84. The summed E-state index contributed by atoms with van der Waals surface area (Å²) in [5, 5.41) is 2.87. The summed E-state index contributed by atoms with van der Waals surface area (Å²) in [5.74, 6) is 0.620. The average molecular weight is 482 g/mol. The molecule has 0 saturated carbocycles. The molecule has 2 amide bonds. The molecule has 0 fully saturated rings. The summed E-state index contributed by atoms with van der Waals surface area (Å²) in [4.78, 5) is 41.5. The molecule has 35 heavy (non-hydrogen) atoms. The molecule has 1 N–H and O–H groups in total. The van der Waals surface area contributed by atoms with Gasteiger partial charge >= 0.3 is 0 Å². The number of ketones is 1. The zero-order valence-electron chi connectivity index (χ0n) is 21.0. The summed E-state index contributed by atoms with van der Waals surface area (Å²) in [6, 6.07) is 12.6. The van der Waals surface area contributed by atoms with Crippen molar-refractivity contribution in [3.8, 4) is 11.5 Å². The minimum atomic E-state index is -0.331. The van der Waals surface area contributed by atoms with Gasteiger partial charge < -0.3 is 19.7 Å². The predicted octanol–water partition coefficient (Wildman–Crippen LogP) is 3.26. The minimum Gasteiger partial charge on any atom is -0.485 e. The molecule has 1 aliphatic rings. The molecule has 1 heterocycles. The van der Waals surface area contributed by atoms with Crippen LogP contribution in [0.1, 0.15) is 49.5 Å². The van der Waals surface area contributed by atoms with Gasteiger partial charge in [-0.25, -0.2) is 0 Å². The van der Waals surface area contributed by atoms with Gasteiger partial charge in [-0.2, -0.15) is 0 Å². The van der Waals surface area contributed by atoms with Gasteiger partial charge in [0, 0.05) is 18.7 Å². The zero-order chi connectivity index (χ0) is 25.4. The maximum absolute atomic E-state index is 12.8. The molecule has 2 aromatic carbocycles. The van der Waals surface area contributed by atoms with E-state index in [-0.39, 0.29) is 37.4 Å². The van der Waals surface area contributed by atoms with Crippen LogP contribution < -0.4 is 19.7 Å². The molecule has 0 radical (unpaired) electrons. The van der Waals surface area contributed by atoms with Crippen LogP contribution in [0.15, 0.2) is 42.5 Å². The molecule has 0 bridgehead atoms. The predicted molar refractivity (Wildman–Crippen MR) is 135 cm³/mol. The summed E-state index contributed by atoms with van der Waals surface area (Å²) in [6.45, 7) is 11.0. The number of carbonyl (C=O) groups excluding carboxylic acids is 3. The third kappa shape index (κ3) is 7.05. The van der Waals surface area contributed by atoms with E-state index in [2.05, 4.69) is 37.9 Å². The molecule has 3 rings (SSSR count). The van der Waals surface area contributed by atoms with Crippen molar-refractivity contribution in [3.05, 3.63) is 53.6 Å². The van der Waals surface area contributed by atoms with Gasteiger partial charge in [-0.1, -0.05) is 39.8 Å². The van der Waals surface area contributed by atoms with E-state index in [0.717, 1.165) is 25.2 Å². The van der Waals surface area contributed by atoms with Gasteiger partial charge in [0.05, 0.1) is 5.69 Å². The van der Waals surface area contributed by atoms with Crippen molar-refractivity contribution >= 4 is 23.3 Å². The minimum absolute atomic E-state index is 0.135. The SMILES string of the molecule is CCN(CC)CCNC(=O)CN1C(=O)COc2ccc(C(=O)COc3cccc(C(C)C)c3)cc21. The highest BCUT2D eigenvalue weighted by Gasteiger charge is 2.28. The number of rotatable bonds is 12. The number of ether oxygens (including phenoxy) is 2. The lowest BCUT2D eigenvalue weighted by Gasteiger charge is -2.29. The Bertz CT molecular complexity index is 1050. The van der Waals surface area contributed by atoms with Crippen molar-refractivity contribution in [2.75, 3.05) is 50.8 Å². The number of Topliss-reactive ketones (excluding diaryl/α,β-unsaturated/α-hetero) is 1. The Kier molecular flexibility index (Phi) is 9.25. The first kappa shape index (κ1) is 26.2. The van der Waals surface area contributed by atoms with E-state index >= 15 is 0 Å². The van der Waals surface area contributed by atoms with Crippen LogP contribution in [0.2, 0.25) is 0 Å². The van der Waals surface area contributed by atoms with Crippen molar-refractivity contribution in [1.29, 1.82) is 0 Å². The maximum atomic E-state index is 12.8. The van der Waals surface area contributed by atoms with Crippen molar-refractivity contribution in [1.82, 2.24) is 10.2 Å². The van der Waals surface area contributed by atoms with Crippen LogP contribution in [0, 0.1) is 0 Å². The molecule has 0 atom stereocenters. The van der Waals surface area contributed by atoms with E-state index in [1.165, 1.54) is 4.90 Å². The Morgan fingerprint density at radius 2 is 1.91 bits per heavy atom. The molecular formula is C27H35N3O5. The number of carbonyl (C=O) groups is 3. The lowest BCUT2D eigenvalue weighted by Crippen LogP contribution is -2.46. The topological polar surface area (TPSA) is 88.2 Å². The second kappa shape index (κ2) is 12.4. The number of benzene rings is 2. The number of nitrogens with zero attached hydrogens (tertiary/aromatic N) is 2. The van der Waals surface area contributed by atoms with E-state index in [9.17, 15) is 14.4 Å². The molecule has 1 aliphatic heterocycles. The molecule has 8 nitrogen and oxygen atoms in total. The molecular weight excluding hydrogens is 446 g/mol. The van der Waals surface area contributed by atoms with Crippen LogP contribution in [0.4, 0.5) is 5.69 Å². The first-order valence-electron chi connectivity index (χ1n) is 12.1. The standard InChI is InChI=1S/C27H35N3O5/c1-5-29(6-2)13-12-28-26(32)16-30-23-15-21(10-11-25(23)35-18-27(30)33)24(31)17-34-22-9-7-8-20(14-22)19(3)4/h7-11,14-15,19H,5-6,12-13,16-18H2,1-4H3,(H,28,32). The summed E-state index contributed by atoms with van der Waals surface area (Å²) in [5.41, 5.74) is 1.92. The molecule has 0 aliphatic carbocycles. The summed E-state index contributed by atoms with van der Waals surface area (Å²) < 4.78 is 11.2. The van der Waals surface area contributed by atoms with Gasteiger partial charge in [-0.3, -0.25) is 19.3 Å². The van der Waals surface area contributed by atoms with Crippen molar-refractivity contribution < 1.29 is 23.9 Å². The molecule has 188 valence electrons. The van der Waals surface area contributed by atoms with Crippen LogP contribution in [0.5, 0.6) is 11.5 Å². The Morgan fingerprint density at radius 1 is 1.14 bits per heavy atom. The second-order valence-electron chi connectivity index (χ2n) is 8.77. The zero-order valence-corrected chi connectivity index (χ0v) is 21.0. The first-order valence-corrected chi connectivity index (χ1v) is 12.1. The van der Waals surface area contributed by atoms with Crippen LogP contribution in [-0.4, -0.2) is 68.4 Å². The average Bonchev–Trinajstić information content (AvgIpc) is 2.86. The molecule has 0 spiro atoms. The van der Waals surface area contributed by atoms with E-state index in [4.69, 9.17) is 9.47 Å². The number of hydrogen-bond acceptors (Lipinski definition) is 6. The second-order valence-corrected chi connectivity index (χ2v) is 8.77. The largest absolute Gasteiger partial charge is 0.485 e. The highest BCUT2D eigenvalue weighted by Crippen LogP contribution is 2.33. The Morgan fingerprint density at radius 3 is 2.63 bits per heavy atom. The van der Waals surface area contributed by atoms with E-state index in [1.54, 1.807) is 18.2 Å². The number of nitrogens with one attached hydrogen (secondary N) is 1. The number of fused-ring (bicyclic) bond motifs is 1. The smallest absolute Gasteiger partial charge is 0.265 e. The van der Waals surface area contributed by atoms with Gasteiger partial charge in [0.15, 0.2) is 19.0 Å². The Labute approximate surface area is 207 Å². The van der Waals surface area contributed by atoms with Crippen LogP contribution in [-0.2, 0) is 9.59 Å². The van der Waals surface area contributed by atoms with Gasteiger partial charge in [0.2, 0.25) is 5.91 Å². The quantitative estimate of drug-likeness (QED) is 0.468. The van der Waals surface area contributed by atoms with Gasteiger partial charge in [-0.15, -0.1) is 0 Å². The molecule has 0 unspecified atom stereocenters. The third-order valence-electron chi connectivity index (χ3n) is 6.06. The van der Waals surface area contributed by atoms with Gasteiger partial charge in [0.25, 0.3) is 5.91 Å². The van der Waals surface area contributed by atoms with Crippen molar-refractivity contribution in [2.45, 2.75) is 33.6 Å². The van der Waals surface area contributed by atoms with E-state index < -0.39 is 0 Å². The normalized spacial score (nSPS) is 13.0. The number of amides is 2. The van der Waals surface area contributed by atoms with Gasteiger partial charge in [-0.05, 0) is 54.9 Å². The number of anilines is 1. The lowest BCUT2D eigenvalue weighted by atomic mass is 10.0. The van der Waals surface area contributed by atoms with E-state index in [0.29, 0.717) is 35.2 Å². The van der Waals surface area contributed by atoms with E-state index in [1.807, 2.05) is 24.3 Å². The lowest BCUT2D eigenvalue weighted by molar-refractivity contribution is -0.125. The highest BCUT2D eigenvalue weighted by atomic mass is 16.5. The number of likely N-dealkylation sites (N-methyl/N-ethyl adjacent to an activating group) is 1. The molecule has 0 aromatic heterocycles. The van der Waals surface area contributed by atoms with Crippen molar-refractivity contribution in [3.63, 3.8) is 0 Å².